The second-order valence-corrected chi connectivity index (χ2v) is 7.25. The zero-order valence-corrected chi connectivity index (χ0v) is 14.9. The number of hydrogen-bond acceptors (Lipinski definition) is 0. The molecular formula is C18H17Br2F. The summed E-state index contributed by atoms with van der Waals surface area (Å²) in [5.74, 6) is -0.192. The molecule has 0 radical (unpaired) electrons. The molecule has 1 aliphatic carbocycles. The maximum atomic E-state index is 13.3. The van der Waals surface area contributed by atoms with E-state index in [1.807, 2.05) is 6.07 Å². The van der Waals surface area contributed by atoms with Gasteiger partial charge in [-0.3, -0.25) is 0 Å². The Kier molecular flexibility index (Phi) is 4.51. The predicted octanol–water partition coefficient (Wildman–Crippen LogP) is 5.80. The van der Waals surface area contributed by atoms with E-state index in [0.717, 1.165) is 22.6 Å². The first kappa shape index (κ1) is 15.2. The number of fused-ring (bicyclic) bond motifs is 1. The van der Waals surface area contributed by atoms with E-state index >= 15 is 0 Å². The maximum absolute atomic E-state index is 13.3. The van der Waals surface area contributed by atoms with Crippen molar-refractivity contribution >= 4 is 31.9 Å². The van der Waals surface area contributed by atoms with Gasteiger partial charge >= 0.3 is 0 Å². The first-order chi connectivity index (χ1) is 10.1. The fourth-order valence-electron chi connectivity index (χ4n) is 3.41. The van der Waals surface area contributed by atoms with Gasteiger partial charge in [-0.05, 0) is 54.5 Å². The van der Waals surface area contributed by atoms with Crippen LogP contribution in [0.15, 0.2) is 46.9 Å². The van der Waals surface area contributed by atoms with Gasteiger partial charge in [-0.25, -0.2) is 4.39 Å². The highest BCUT2D eigenvalue weighted by atomic mass is 79.9. The SMILES string of the molecule is Fc1ccc(CC2(CBr)CCCc3ccccc32)c(Br)c1. The van der Waals surface area contributed by atoms with Crippen LogP contribution >= 0.6 is 31.9 Å². The number of alkyl halides is 1. The number of halogens is 3. The fraction of sp³-hybridized carbons (Fsp3) is 0.333. The van der Waals surface area contributed by atoms with Crippen molar-refractivity contribution in [3.63, 3.8) is 0 Å². The highest BCUT2D eigenvalue weighted by Gasteiger charge is 2.36. The highest BCUT2D eigenvalue weighted by Crippen LogP contribution is 2.42. The summed E-state index contributed by atoms with van der Waals surface area (Å²) in [6, 6.07) is 13.8. The summed E-state index contributed by atoms with van der Waals surface area (Å²) in [6.07, 6.45) is 4.46. The van der Waals surface area contributed by atoms with Gasteiger partial charge in [-0.2, -0.15) is 0 Å². The molecule has 3 heteroatoms. The summed E-state index contributed by atoms with van der Waals surface area (Å²) in [6.45, 7) is 0. The van der Waals surface area contributed by atoms with Gasteiger partial charge in [0.25, 0.3) is 0 Å². The molecule has 0 nitrogen and oxygen atoms in total. The van der Waals surface area contributed by atoms with Crippen LogP contribution in [0, 0.1) is 5.82 Å². The molecule has 21 heavy (non-hydrogen) atoms. The summed E-state index contributed by atoms with van der Waals surface area (Å²) in [5.41, 5.74) is 4.19. The maximum Gasteiger partial charge on any atom is 0.124 e. The minimum Gasteiger partial charge on any atom is -0.207 e. The largest absolute Gasteiger partial charge is 0.207 e. The van der Waals surface area contributed by atoms with Gasteiger partial charge in [0.2, 0.25) is 0 Å². The highest BCUT2D eigenvalue weighted by molar-refractivity contribution is 9.10. The topological polar surface area (TPSA) is 0 Å². The van der Waals surface area contributed by atoms with Crippen molar-refractivity contribution < 1.29 is 4.39 Å². The molecule has 1 atom stereocenters. The summed E-state index contributed by atoms with van der Waals surface area (Å²) < 4.78 is 14.2. The minimum absolute atomic E-state index is 0.106. The smallest absolute Gasteiger partial charge is 0.124 e. The van der Waals surface area contributed by atoms with E-state index in [9.17, 15) is 4.39 Å². The zero-order chi connectivity index (χ0) is 14.9. The van der Waals surface area contributed by atoms with E-state index in [-0.39, 0.29) is 11.2 Å². The molecule has 0 spiro atoms. The lowest BCUT2D eigenvalue weighted by molar-refractivity contribution is 0.400. The Labute approximate surface area is 142 Å². The number of hydrogen-bond donors (Lipinski definition) is 0. The van der Waals surface area contributed by atoms with Gasteiger partial charge in [-0.15, -0.1) is 0 Å². The van der Waals surface area contributed by atoms with Crippen molar-refractivity contribution in [2.45, 2.75) is 31.1 Å². The van der Waals surface area contributed by atoms with Crippen LogP contribution in [0.4, 0.5) is 4.39 Å². The van der Waals surface area contributed by atoms with E-state index < -0.39 is 0 Å². The standard InChI is InChI=1S/C18H17Br2F/c19-12-18(11-14-7-8-15(21)10-17(14)20)9-3-5-13-4-1-2-6-16(13)18/h1-2,4,6-8,10H,3,5,9,11-12H2. The second-order valence-electron chi connectivity index (χ2n) is 5.84. The van der Waals surface area contributed by atoms with Gasteiger partial charge in [0, 0.05) is 15.2 Å². The molecule has 110 valence electrons. The lowest BCUT2D eigenvalue weighted by atomic mass is 9.68. The van der Waals surface area contributed by atoms with E-state index in [1.54, 1.807) is 12.1 Å². The van der Waals surface area contributed by atoms with Crippen LogP contribution in [0.25, 0.3) is 0 Å². The molecule has 0 N–H and O–H groups in total. The normalized spacial score (nSPS) is 21.1. The van der Waals surface area contributed by atoms with Gasteiger partial charge in [0.1, 0.15) is 5.82 Å². The molecule has 0 heterocycles. The van der Waals surface area contributed by atoms with Crippen molar-refractivity contribution in [3.8, 4) is 0 Å². The van der Waals surface area contributed by atoms with Crippen LogP contribution < -0.4 is 0 Å². The molecule has 0 aromatic heterocycles. The molecule has 3 rings (SSSR count). The molecular weight excluding hydrogens is 395 g/mol. The predicted molar refractivity (Wildman–Crippen MR) is 92.7 cm³/mol. The van der Waals surface area contributed by atoms with Crippen molar-refractivity contribution in [1.29, 1.82) is 0 Å². The fourth-order valence-corrected chi connectivity index (χ4v) is 4.68. The van der Waals surface area contributed by atoms with E-state index in [4.69, 9.17) is 0 Å². The molecule has 1 aliphatic rings. The summed E-state index contributed by atoms with van der Waals surface area (Å²) >= 11 is 7.26. The molecule has 0 aliphatic heterocycles. The first-order valence-corrected chi connectivity index (χ1v) is 9.14. The lowest BCUT2D eigenvalue weighted by Gasteiger charge is -2.38. The Hall–Kier alpha value is -0.670. The zero-order valence-electron chi connectivity index (χ0n) is 11.7. The Bertz CT molecular complexity index is 653. The van der Waals surface area contributed by atoms with Crippen LogP contribution in [0.1, 0.15) is 29.5 Å². The summed E-state index contributed by atoms with van der Waals surface area (Å²) in [7, 11) is 0. The van der Waals surface area contributed by atoms with Gasteiger partial charge in [-0.1, -0.05) is 62.2 Å². The van der Waals surface area contributed by atoms with Crippen molar-refractivity contribution in [2.24, 2.45) is 0 Å². The Morgan fingerprint density at radius 2 is 1.95 bits per heavy atom. The molecule has 0 bridgehead atoms. The third-order valence-corrected chi connectivity index (χ3v) is 6.30. The van der Waals surface area contributed by atoms with Crippen LogP contribution in [0.3, 0.4) is 0 Å². The average molecular weight is 412 g/mol. The molecule has 1 unspecified atom stereocenters. The number of rotatable bonds is 3. The Balaban J connectivity index is 2.02. The van der Waals surface area contributed by atoms with Gasteiger partial charge < -0.3 is 0 Å². The van der Waals surface area contributed by atoms with Crippen LogP contribution in [0.2, 0.25) is 0 Å². The second kappa shape index (κ2) is 6.21. The quantitative estimate of drug-likeness (QED) is 0.560. The third kappa shape index (κ3) is 2.95. The lowest BCUT2D eigenvalue weighted by Crippen LogP contribution is -2.35. The Morgan fingerprint density at radius 1 is 1.14 bits per heavy atom. The molecule has 2 aromatic rings. The molecule has 0 saturated carbocycles. The van der Waals surface area contributed by atoms with Crippen LogP contribution in [-0.2, 0) is 18.3 Å². The summed E-state index contributed by atoms with van der Waals surface area (Å²) in [5, 5.41) is 0.931. The van der Waals surface area contributed by atoms with Crippen molar-refractivity contribution in [1.82, 2.24) is 0 Å². The van der Waals surface area contributed by atoms with E-state index in [1.165, 1.54) is 29.5 Å². The monoisotopic (exact) mass is 410 g/mol. The van der Waals surface area contributed by atoms with Gasteiger partial charge in [0.05, 0.1) is 0 Å². The van der Waals surface area contributed by atoms with Crippen LogP contribution in [-0.4, -0.2) is 5.33 Å². The molecule has 0 amide bonds. The summed E-state index contributed by atoms with van der Waals surface area (Å²) in [4.78, 5) is 0. The van der Waals surface area contributed by atoms with E-state index in [2.05, 4.69) is 56.1 Å². The Morgan fingerprint density at radius 3 is 2.71 bits per heavy atom. The van der Waals surface area contributed by atoms with E-state index in [0.29, 0.717) is 0 Å². The van der Waals surface area contributed by atoms with Crippen molar-refractivity contribution in [2.75, 3.05) is 5.33 Å². The van der Waals surface area contributed by atoms with Crippen LogP contribution in [0.5, 0.6) is 0 Å². The number of benzene rings is 2. The number of aryl methyl sites for hydroxylation is 1. The third-order valence-electron chi connectivity index (χ3n) is 4.49. The minimum atomic E-state index is -0.192. The average Bonchev–Trinajstić information content (AvgIpc) is 2.50. The molecule has 0 fully saturated rings. The molecule has 0 saturated heterocycles. The van der Waals surface area contributed by atoms with Crippen molar-refractivity contribution in [3.05, 3.63) is 69.4 Å². The molecule has 2 aromatic carbocycles. The first-order valence-electron chi connectivity index (χ1n) is 7.23. The van der Waals surface area contributed by atoms with Gasteiger partial charge in [0.15, 0.2) is 0 Å².